The molecule has 11 nitrogen and oxygen atoms in total. The Balaban J connectivity index is 1.32. The fraction of sp³-hybridized carbons (Fsp3) is 0.217. The molecule has 0 radical (unpaired) electrons. The van der Waals surface area contributed by atoms with Gasteiger partial charge in [-0.05, 0) is 41.5 Å². The minimum absolute atomic E-state index is 0.00801. The molecular formula is C23H20F3N9O2. The molecule has 0 unspecified atom stereocenters. The van der Waals surface area contributed by atoms with E-state index < -0.39 is 12.8 Å². The molecule has 5 aromatic rings. The van der Waals surface area contributed by atoms with Crippen LogP contribution in [0.1, 0.15) is 15.9 Å². The van der Waals surface area contributed by atoms with Crippen LogP contribution < -0.4 is 5.32 Å². The SMILES string of the molecule is Cc1ccc(-c2nnn(CCOCC(F)(F)F)n2)cc1NC(=O)c1cnn2ccc(-c3cn[nH]c3)cc12. The van der Waals surface area contributed by atoms with E-state index >= 15 is 0 Å². The van der Waals surface area contributed by atoms with Gasteiger partial charge in [0.25, 0.3) is 5.91 Å². The zero-order valence-corrected chi connectivity index (χ0v) is 19.4. The van der Waals surface area contributed by atoms with Crippen molar-refractivity contribution in [2.75, 3.05) is 18.5 Å². The van der Waals surface area contributed by atoms with Crippen molar-refractivity contribution in [1.29, 1.82) is 0 Å². The van der Waals surface area contributed by atoms with Gasteiger partial charge in [0, 0.05) is 29.2 Å². The van der Waals surface area contributed by atoms with Gasteiger partial charge in [-0.1, -0.05) is 12.1 Å². The molecule has 5 rings (SSSR count). The molecule has 4 heterocycles. The van der Waals surface area contributed by atoms with Gasteiger partial charge in [0.15, 0.2) is 0 Å². The molecule has 0 aliphatic rings. The molecule has 190 valence electrons. The summed E-state index contributed by atoms with van der Waals surface area (Å²) < 4.78 is 42.8. The smallest absolute Gasteiger partial charge is 0.370 e. The Kier molecular flexibility index (Phi) is 6.40. The summed E-state index contributed by atoms with van der Waals surface area (Å²) in [5, 5.41) is 25.9. The summed E-state index contributed by atoms with van der Waals surface area (Å²) in [6.07, 6.45) is 2.32. The van der Waals surface area contributed by atoms with Crippen LogP contribution in [-0.2, 0) is 11.3 Å². The highest BCUT2D eigenvalue weighted by Crippen LogP contribution is 2.25. The number of pyridine rings is 1. The zero-order chi connectivity index (χ0) is 26.0. The normalized spacial score (nSPS) is 11.8. The van der Waals surface area contributed by atoms with E-state index in [-0.39, 0.29) is 24.9 Å². The number of fused-ring (bicyclic) bond motifs is 1. The minimum Gasteiger partial charge on any atom is -0.370 e. The average molecular weight is 511 g/mol. The lowest BCUT2D eigenvalue weighted by Crippen LogP contribution is -2.19. The van der Waals surface area contributed by atoms with Gasteiger partial charge in [0.2, 0.25) is 5.82 Å². The molecule has 1 amide bonds. The molecule has 0 saturated heterocycles. The summed E-state index contributed by atoms with van der Waals surface area (Å²) in [4.78, 5) is 14.3. The molecule has 0 atom stereocenters. The van der Waals surface area contributed by atoms with Gasteiger partial charge < -0.3 is 10.1 Å². The molecule has 4 aromatic heterocycles. The lowest BCUT2D eigenvalue weighted by Gasteiger charge is -2.09. The van der Waals surface area contributed by atoms with Crippen molar-refractivity contribution in [2.45, 2.75) is 19.6 Å². The Morgan fingerprint density at radius 1 is 1.14 bits per heavy atom. The van der Waals surface area contributed by atoms with E-state index in [0.29, 0.717) is 22.3 Å². The maximum atomic E-state index is 13.2. The molecule has 14 heteroatoms. The molecule has 0 aliphatic carbocycles. The first-order valence-electron chi connectivity index (χ1n) is 11.1. The van der Waals surface area contributed by atoms with Gasteiger partial charge in [0.1, 0.15) is 6.61 Å². The van der Waals surface area contributed by atoms with Crippen molar-refractivity contribution in [2.24, 2.45) is 0 Å². The number of aryl methyl sites for hydroxylation is 1. The predicted octanol–water partition coefficient (Wildman–Crippen LogP) is 3.52. The second-order valence-corrected chi connectivity index (χ2v) is 8.15. The molecule has 2 N–H and O–H groups in total. The number of nitrogens with one attached hydrogen (secondary N) is 2. The number of ether oxygens (including phenoxy) is 1. The Labute approximate surface area is 207 Å². The van der Waals surface area contributed by atoms with E-state index in [0.717, 1.165) is 21.5 Å². The van der Waals surface area contributed by atoms with Crippen molar-refractivity contribution in [1.82, 2.24) is 40.0 Å². The van der Waals surface area contributed by atoms with Crippen molar-refractivity contribution < 1.29 is 22.7 Å². The van der Waals surface area contributed by atoms with Gasteiger partial charge in [0.05, 0.1) is 36.6 Å². The molecule has 0 aliphatic heterocycles. The van der Waals surface area contributed by atoms with Gasteiger partial charge in [-0.25, -0.2) is 4.52 Å². The molecule has 0 fully saturated rings. The van der Waals surface area contributed by atoms with Gasteiger partial charge in [-0.2, -0.15) is 28.2 Å². The lowest BCUT2D eigenvalue weighted by molar-refractivity contribution is -0.174. The van der Waals surface area contributed by atoms with Crippen LogP contribution in [0, 0.1) is 6.92 Å². The number of aromatic amines is 1. The summed E-state index contributed by atoms with van der Waals surface area (Å²) in [6.45, 7) is 0.294. The number of H-pyrrole nitrogens is 1. The number of nitrogens with zero attached hydrogens (tertiary/aromatic N) is 7. The Morgan fingerprint density at radius 2 is 2.00 bits per heavy atom. The number of halogens is 3. The summed E-state index contributed by atoms with van der Waals surface area (Å²) in [7, 11) is 0. The standard InChI is InChI=1S/C23H20F3N9O2/c1-14-2-3-16(21-31-33-35(32-21)6-7-37-13-23(24,25)26)8-19(14)30-22(36)18-12-29-34-5-4-15(9-20(18)34)17-10-27-28-11-17/h2-5,8-12H,6-7,13H2,1H3,(H,27,28)(H,30,36). The molecule has 1 aromatic carbocycles. The van der Waals surface area contributed by atoms with Crippen LogP contribution in [0.5, 0.6) is 0 Å². The van der Waals surface area contributed by atoms with Crippen molar-refractivity contribution in [3.8, 4) is 22.5 Å². The topological polar surface area (TPSA) is 128 Å². The van der Waals surface area contributed by atoms with E-state index in [1.165, 1.54) is 6.20 Å². The third kappa shape index (κ3) is 5.48. The first kappa shape index (κ1) is 24.1. The van der Waals surface area contributed by atoms with Gasteiger partial charge in [-0.15, -0.1) is 10.2 Å². The van der Waals surface area contributed by atoms with E-state index in [4.69, 9.17) is 0 Å². The molecular weight excluding hydrogens is 491 g/mol. The summed E-state index contributed by atoms with van der Waals surface area (Å²) in [5.41, 5.74) is 4.70. The minimum atomic E-state index is -4.39. The number of amides is 1. The number of anilines is 1. The molecule has 37 heavy (non-hydrogen) atoms. The van der Waals surface area contributed by atoms with E-state index in [2.05, 4.69) is 40.8 Å². The van der Waals surface area contributed by atoms with E-state index in [1.807, 2.05) is 19.1 Å². The summed E-state index contributed by atoms with van der Waals surface area (Å²) >= 11 is 0. The quantitative estimate of drug-likeness (QED) is 0.305. The average Bonchev–Trinajstić information content (AvgIpc) is 3.63. The number of hydrogen-bond donors (Lipinski definition) is 2. The fourth-order valence-electron chi connectivity index (χ4n) is 3.62. The van der Waals surface area contributed by atoms with Crippen molar-refractivity contribution in [3.05, 3.63) is 66.2 Å². The Bertz CT molecular complexity index is 1540. The number of carbonyl (C=O) groups excluding carboxylic acids is 1. The predicted molar refractivity (Wildman–Crippen MR) is 126 cm³/mol. The summed E-state index contributed by atoms with van der Waals surface area (Å²) in [6, 6.07) is 9.00. The van der Waals surface area contributed by atoms with Crippen molar-refractivity contribution >= 4 is 17.1 Å². The first-order chi connectivity index (χ1) is 17.8. The molecule has 0 spiro atoms. The number of carbonyl (C=O) groups is 1. The van der Waals surface area contributed by atoms with Crippen LogP contribution >= 0.6 is 0 Å². The number of tetrazole rings is 1. The number of benzene rings is 1. The first-order valence-corrected chi connectivity index (χ1v) is 11.1. The molecule has 0 bridgehead atoms. The third-order valence-electron chi connectivity index (χ3n) is 5.50. The van der Waals surface area contributed by atoms with Gasteiger partial charge >= 0.3 is 6.18 Å². The molecule has 0 saturated carbocycles. The summed E-state index contributed by atoms with van der Waals surface area (Å²) in [5.74, 6) is -0.0925. The number of aromatic nitrogens is 8. The maximum absolute atomic E-state index is 13.2. The number of rotatable bonds is 8. The lowest BCUT2D eigenvalue weighted by atomic mass is 10.1. The Hall–Kier alpha value is -4.59. The maximum Gasteiger partial charge on any atom is 0.411 e. The zero-order valence-electron chi connectivity index (χ0n) is 19.4. The number of hydrogen-bond acceptors (Lipinski definition) is 7. The van der Waals surface area contributed by atoms with Gasteiger partial charge in [-0.3, -0.25) is 9.89 Å². The third-order valence-corrected chi connectivity index (χ3v) is 5.50. The van der Waals surface area contributed by atoms with E-state index in [1.54, 1.807) is 41.3 Å². The second kappa shape index (κ2) is 9.81. The van der Waals surface area contributed by atoms with Crippen molar-refractivity contribution in [3.63, 3.8) is 0 Å². The largest absolute Gasteiger partial charge is 0.411 e. The van der Waals surface area contributed by atoms with Crippen LogP contribution in [0.15, 0.2) is 55.1 Å². The fourth-order valence-corrected chi connectivity index (χ4v) is 3.62. The Morgan fingerprint density at radius 3 is 2.78 bits per heavy atom. The van der Waals surface area contributed by atoms with Crippen LogP contribution in [0.2, 0.25) is 0 Å². The second-order valence-electron chi connectivity index (χ2n) is 8.15. The highest BCUT2D eigenvalue weighted by Gasteiger charge is 2.27. The van der Waals surface area contributed by atoms with Crippen LogP contribution in [0.3, 0.4) is 0 Å². The van der Waals surface area contributed by atoms with Crippen LogP contribution in [-0.4, -0.2) is 65.3 Å². The van der Waals surface area contributed by atoms with E-state index in [9.17, 15) is 18.0 Å². The highest BCUT2D eigenvalue weighted by molar-refractivity contribution is 6.09. The monoisotopic (exact) mass is 511 g/mol. The van der Waals surface area contributed by atoms with Crippen LogP contribution in [0.25, 0.3) is 28.0 Å². The highest BCUT2D eigenvalue weighted by atomic mass is 19.4. The number of alkyl halides is 3. The van der Waals surface area contributed by atoms with Crippen LogP contribution in [0.4, 0.5) is 18.9 Å².